The van der Waals surface area contributed by atoms with Crippen molar-refractivity contribution < 1.29 is 8.42 Å². The number of hydrogen-bond donors (Lipinski definition) is 1. The quantitative estimate of drug-likeness (QED) is 0.741. The Bertz CT molecular complexity index is 1060. The smallest absolute Gasteiger partial charge is 0.223 e. The van der Waals surface area contributed by atoms with Gasteiger partial charge in [0.05, 0.1) is 17.5 Å². The molecule has 0 amide bonds. The number of nitrogens with zero attached hydrogens (tertiary/aromatic N) is 4. The zero-order valence-corrected chi connectivity index (χ0v) is 20.9. The maximum Gasteiger partial charge on any atom is 0.223 e. The lowest BCUT2D eigenvalue weighted by atomic mass is 9.51. The standard InChI is InChI=1S/C22H31N5O2S.C2H6/c1-21(2)12-22(13-21)14-26(15-22)18-6-4-5-16-11-23-20(25-19(16)18)24-17-7-9-27(10-8-17)30(3,28)29;1-2/h4-6,11,17H,7-10,12-15H2,1-3H3,(H,23,24,25);1-2H3. The third-order valence-electron chi connectivity index (χ3n) is 6.95. The van der Waals surface area contributed by atoms with Gasteiger partial charge < -0.3 is 10.2 Å². The third kappa shape index (κ3) is 4.57. The average molecular weight is 460 g/mol. The molecular formula is C24H37N5O2S. The third-order valence-corrected chi connectivity index (χ3v) is 8.25. The van der Waals surface area contributed by atoms with Crippen molar-refractivity contribution in [2.75, 3.05) is 42.7 Å². The SMILES string of the molecule is CC.CC1(C)CC2(CN(c3cccc4cnc(NC5CCN(S(C)(=O)=O)CC5)nc34)C2)C1. The average Bonchev–Trinajstić information content (AvgIpc) is 2.71. The second-order valence-electron chi connectivity index (χ2n) is 10.4. The summed E-state index contributed by atoms with van der Waals surface area (Å²) >= 11 is 0. The first-order valence-corrected chi connectivity index (χ1v) is 13.7. The van der Waals surface area contributed by atoms with Gasteiger partial charge in [-0.1, -0.05) is 39.8 Å². The fourth-order valence-corrected chi connectivity index (χ4v) is 6.89. The maximum absolute atomic E-state index is 11.7. The summed E-state index contributed by atoms with van der Waals surface area (Å²) in [4.78, 5) is 11.8. The zero-order chi connectivity index (χ0) is 23.1. The summed E-state index contributed by atoms with van der Waals surface area (Å²) in [5.41, 5.74) is 3.20. The summed E-state index contributed by atoms with van der Waals surface area (Å²) in [5.74, 6) is 0.632. The lowest BCUT2D eigenvalue weighted by Gasteiger charge is -2.63. The number of nitrogens with one attached hydrogen (secondary N) is 1. The van der Waals surface area contributed by atoms with Crippen LogP contribution in [-0.2, 0) is 10.0 Å². The molecule has 3 heterocycles. The highest BCUT2D eigenvalue weighted by atomic mass is 32.2. The molecule has 1 spiro atoms. The van der Waals surface area contributed by atoms with Crippen molar-refractivity contribution in [2.24, 2.45) is 10.8 Å². The molecule has 0 unspecified atom stereocenters. The van der Waals surface area contributed by atoms with E-state index >= 15 is 0 Å². The summed E-state index contributed by atoms with van der Waals surface area (Å²) in [6, 6.07) is 6.51. The largest absolute Gasteiger partial charge is 0.369 e. The molecule has 1 saturated carbocycles. The van der Waals surface area contributed by atoms with Crippen molar-refractivity contribution >= 4 is 32.6 Å². The van der Waals surface area contributed by atoms with E-state index in [1.165, 1.54) is 24.8 Å². The van der Waals surface area contributed by atoms with Crippen molar-refractivity contribution in [2.45, 2.75) is 59.4 Å². The van der Waals surface area contributed by atoms with Crippen LogP contribution in [0.3, 0.4) is 0 Å². The Hall–Kier alpha value is -1.93. The van der Waals surface area contributed by atoms with Crippen molar-refractivity contribution in [3.8, 4) is 0 Å². The van der Waals surface area contributed by atoms with Crippen LogP contribution in [-0.4, -0.2) is 61.2 Å². The van der Waals surface area contributed by atoms with Crippen LogP contribution < -0.4 is 10.2 Å². The minimum Gasteiger partial charge on any atom is -0.369 e. The minimum absolute atomic E-state index is 0.192. The molecule has 3 aliphatic rings. The van der Waals surface area contributed by atoms with Crippen LogP contribution in [0.4, 0.5) is 11.6 Å². The Morgan fingerprint density at radius 2 is 1.75 bits per heavy atom. The Kier molecular flexibility index (Phi) is 6.13. The van der Waals surface area contributed by atoms with E-state index in [9.17, 15) is 8.42 Å². The predicted molar refractivity (Wildman–Crippen MR) is 132 cm³/mol. The molecule has 5 rings (SSSR count). The Morgan fingerprint density at radius 1 is 1.09 bits per heavy atom. The summed E-state index contributed by atoms with van der Waals surface area (Å²) in [5, 5.41) is 4.49. The van der Waals surface area contributed by atoms with Crippen molar-refractivity contribution in [1.29, 1.82) is 0 Å². The van der Waals surface area contributed by atoms with Crippen LogP contribution in [0.2, 0.25) is 0 Å². The van der Waals surface area contributed by atoms with Crippen LogP contribution in [0.25, 0.3) is 10.9 Å². The number of hydrogen-bond acceptors (Lipinski definition) is 6. The highest BCUT2D eigenvalue weighted by Gasteiger charge is 2.55. The molecule has 8 heteroatoms. The first-order valence-electron chi connectivity index (χ1n) is 11.9. The second-order valence-corrected chi connectivity index (χ2v) is 12.3. The van der Waals surface area contributed by atoms with Crippen LogP contribution in [0.1, 0.15) is 53.4 Å². The van der Waals surface area contributed by atoms with Crippen LogP contribution in [0.5, 0.6) is 0 Å². The Labute approximate surface area is 192 Å². The zero-order valence-electron chi connectivity index (χ0n) is 20.1. The second kappa shape index (κ2) is 8.45. The van der Waals surface area contributed by atoms with Gasteiger partial charge in [0.1, 0.15) is 0 Å². The molecule has 2 saturated heterocycles. The van der Waals surface area contributed by atoms with Crippen molar-refractivity contribution in [1.82, 2.24) is 14.3 Å². The van der Waals surface area contributed by atoms with Crippen LogP contribution in [0.15, 0.2) is 24.4 Å². The van der Waals surface area contributed by atoms with Gasteiger partial charge in [0.25, 0.3) is 0 Å². The van der Waals surface area contributed by atoms with Gasteiger partial charge in [-0.3, -0.25) is 0 Å². The first-order chi connectivity index (χ1) is 15.1. The molecule has 1 aromatic heterocycles. The van der Waals surface area contributed by atoms with Gasteiger partial charge in [0, 0.05) is 49.2 Å². The highest BCUT2D eigenvalue weighted by molar-refractivity contribution is 7.88. The van der Waals surface area contributed by atoms with Crippen LogP contribution >= 0.6 is 0 Å². The Balaban J connectivity index is 0.00000119. The molecule has 1 aliphatic carbocycles. The predicted octanol–water partition coefficient (Wildman–Crippen LogP) is 4.12. The van der Waals surface area contributed by atoms with E-state index in [1.54, 1.807) is 4.31 Å². The summed E-state index contributed by atoms with van der Waals surface area (Å²) in [7, 11) is -3.11. The molecule has 0 radical (unpaired) electrons. The molecular weight excluding hydrogens is 422 g/mol. The fraction of sp³-hybridized carbons (Fsp3) is 0.667. The monoisotopic (exact) mass is 459 g/mol. The van der Waals surface area contributed by atoms with Gasteiger partial charge in [-0.15, -0.1) is 0 Å². The molecule has 3 fully saturated rings. The molecule has 2 aliphatic heterocycles. The molecule has 1 N–H and O–H groups in total. The summed E-state index contributed by atoms with van der Waals surface area (Å²) < 4.78 is 25.0. The van der Waals surface area contributed by atoms with Crippen molar-refractivity contribution in [3.05, 3.63) is 24.4 Å². The highest BCUT2D eigenvalue weighted by Crippen LogP contribution is 2.59. The number of piperidine rings is 1. The molecule has 32 heavy (non-hydrogen) atoms. The van der Waals surface area contributed by atoms with Gasteiger partial charge >= 0.3 is 0 Å². The number of rotatable bonds is 4. The van der Waals surface area contributed by atoms with Gasteiger partial charge in [0.15, 0.2) is 0 Å². The lowest BCUT2D eigenvalue weighted by molar-refractivity contribution is -0.0356. The van der Waals surface area contributed by atoms with Crippen molar-refractivity contribution in [3.63, 3.8) is 0 Å². The van der Waals surface area contributed by atoms with Gasteiger partial charge in [-0.25, -0.2) is 22.7 Å². The number of anilines is 2. The van der Waals surface area contributed by atoms with Gasteiger partial charge in [0.2, 0.25) is 16.0 Å². The maximum atomic E-state index is 11.7. The van der Waals surface area contributed by atoms with E-state index in [0.717, 1.165) is 36.8 Å². The fourth-order valence-electron chi connectivity index (χ4n) is 6.02. The van der Waals surface area contributed by atoms with Gasteiger partial charge in [-0.2, -0.15) is 0 Å². The Morgan fingerprint density at radius 3 is 2.34 bits per heavy atom. The first kappa shape index (κ1) is 23.2. The molecule has 0 bridgehead atoms. The van der Waals surface area contributed by atoms with E-state index in [4.69, 9.17) is 4.98 Å². The van der Waals surface area contributed by atoms with Crippen LogP contribution in [0, 0.1) is 10.8 Å². The van der Waals surface area contributed by atoms with E-state index in [1.807, 2.05) is 20.0 Å². The number of aromatic nitrogens is 2. The number of para-hydroxylation sites is 1. The minimum atomic E-state index is -3.11. The number of benzene rings is 1. The molecule has 176 valence electrons. The van der Waals surface area contributed by atoms with E-state index < -0.39 is 10.0 Å². The molecule has 7 nitrogen and oxygen atoms in total. The lowest BCUT2D eigenvalue weighted by Crippen LogP contribution is -2.64. The van der Waals surface area contributed by atoms with E-state index in [2.05, 4.69) is 47.2 Å². The summed E-state index contributed by atoms with van der Waals surface area (Å²) in [6.07, 6.45) is 7.33. The van der Waals surface area contributed by atoms with E-state index in [-0.39, 0.29) is 6.04 Å². The van der Waals surface area contributed by atoms with E-state index in [0.29, 0.717) is 29.9 Å². The topological polar surface area (TPSA) is 78.4 Å². The molecule has 1 aromatic carbocycles. The van der Waals surface area contributed by atoms with Gasteiger partial charge in [-0.05, 0) is 37.2 Å². The normalized spacial score (nSPS) is 22.6. The molecule has 0 atom stereocenters. The number of sulfonamides is 1. The number of fused-ring (bicyclic) bond motifs is 1. The molecule has 2 aromatic rings. The summed E-state index contributed by atoms with van der Waals surface area (Å²) in [6.45, 7) is 12.1.